The molecule has 1 aliphatic heterocycles. The topological polar surface area (TPSA) is 47.5 Å². The van der Waals surface area contributed by atoms with Gasteiger partial charge in [0.25, 0.3) is 0 Å². The van der Waals surface area contributed by atoms with Crippen LogP contribution in [0.1, 0.15) is 50.3 Å². The monoisotopic (exact) mass is 318 g/mol. The predicted molar refractivity (Wildman–Crippen MR) is 93.9 cm³/mol. The van der Waals surface area contributed by atoms with E-state index in [1.807, 2.05) is 20.8 Å². The van der Waals surface area contributed by atoms with Gasteiger partial charge in [-0.3, -0.25) is 0 Å². The molecule has 1 aliphatic carbocycles. The molecule has 1 unspecified atom stereocenters. The Hall–Kier alpha value is -0.840. The summed E-state index contributed by atoms with van der Waals surface area (Å²) in [5, 5.41) is 3.45. The highest BCUT2D eigenvalue weighted by atomic mass is 32.2. The van der Waals surface area contributed by atoms with E-state index >= 15 is 0 Å². The van der Waals surface area contributed by atoms with Crippen molar-refractivity contribution in [3.8, 4) is 0 Å². The van der Waals surface area contributed by atoms with Crippen LogP contribution in [-0.4, -0.2) is 28.1 Å². The van der Waals surface area contributed by atoms with Crippen LogP contribution >= 0.6 is 0 Å². The van der Waals surface area contributed by atoms with Crippen molar-refractivity contribution in [2.24, 2.45) is 9.81 Å². The molecule has 1 N–H and O–H groups in total. The molecule has 1 heterocycles. The number of nitrogens with one attached hydrogen (secondary N) is 1. The average molecular weight is 318 g/mol. The minimum atomic E-state index is -1.20. The van der Waals surface area contributed by atoms with Crippen LogP contribution in [0.15, 0.2) is 22.6 Å². The van der Waals surface area contributed by atoms with Gasteiger partial charge in [-0.1, -0.05) is 22.6 Å². The molecular weight excluding hydrogens is 292 g/mol. The van der Waals surface area contributed by atoms with Crippen LogP contribution in [0.2, 0.25) is 0 Å². The van der Waals surface area contributed by atoms with E-state index in [0.29, 0.717) is 0 Å². The molecule has 120 valence electrons. The van der Waals surface area contributed by atoms with Gasteiger partial charge in [0.05, 0.1) is 0 Å². The quantitative estimate of drug-likeness (QED) is 0.809. The summed E-state index contributed by atoms with van der Waals surface area (Å²) in [5.41, 5.74) is 5.16. The van der Waals surface area contributed by atoms with Gasteiger partial charge in [0.1, 0.15) is 21.8 Å². The number of benzene rings is 1. The Morgan fingerprint density at radius 2 is 1.91 bits per heavy atom. The van der Waals surface area contributed by atoms with Crippen LogP contribution < -0.4 is 5.32 Å². The first-order chi connectivity index (χ1) is 10.3. The van der Waals surface area contributed by atoms with Crippen LogP contribution in [0, 0.1) is 12.3 Å². The highest BCUT2D eigenvalue weighted by molar-refractivity contribution is 7.91. The molecule has 0 radical (unpaired) electrons. The fraction of sp³-hybridized carbons (Fsp3) is 0.611. The van der Waals surface area contributed by atoms with Crippen LogP contribution in [0.3, 0.4) is 0 Å². The highest BCUT2D eigenvalue weighted by Gasteiger charge is 2.46. The summed E-state index contributed by atoms with van der Waals surface area (Å²) in [6, 6.07) is 6.44. The van der Waals surface area contributed by atoms with Gasteiger partial charge in [0, 0.05) is 11.0 Å². The average Bonchev–Trinajstić information content (AvgIpc) is 2.74. The Bertz CT molecular complexity index is 598. The van der Waals surface area contributed by atoms with Gasteiger partial charge in [-0.2, -0.15) is 0 Å². The lowest BCUT2D eigenvalue weighted by atomic mass is 9.75. The zero-order valence-electron chi connectivity index (χ0n) is 14.0. The van der Waals surface area contributed by atoms with Crippen molar-refractivity contribution < 1.29 is 4.55 Å². The number of hydrogen-bond donors (Lipinski definition) is 1. The molecule has 0 saturated carbocycles. The molecule has 3 rings (SSSR count). The van der Waals surface area contributed by atoms with E-state index in [9.17, 15) is 4.55 Å². The van der Waals surface area contributed by atoms with Gasteiger partial charge in [-0.15, -0.1) is 0 Å². The third-order valence-electron chi connectivity index (χ3n) is 4.94. The second-order valence-electron chi connectivity index (χ2n) is 7.61. The molecule has 3 nitrogen and oxygen atoms in total. The molecular formula is C18H26N2OS. The first kappa shape index (κ1) is 16.0. The Morgan fingerprint density at radius 1 is 1.23 bits per heavy atom. The molecule has 4 heteroatoms. The zero-order valence-corrected chi connectivity index (χ0v) is 14.8. The third-order valence-corrected chi connectivity index (χ3v) is 6.34. The number of hydrogen-bond acceptors (Lipinski definition) is 3. The smallest absolute Gasteiger partial charge is 0.144 e. The summed E-state index contributed by atoms with van der Waals surface area (Å²) in [5.74, 6) is 0. The predicted octanol–water partition coefficient (Wildman–Crippen LogP) is 3.17. The highest BCUT2D eigenvalue weighted by Crippen LogP contribution is 2.45. The van der Waals surface area contributed by atoms with Crippen LogP contribution in [-0.2, 0) is 17.8 Å². The van der Waals surface area contributed by atoms with Gasteiger partial charge in [-0.05, 0) is 71.2 Å². The minimum Gasteiger partial charge on any atom is -0.591 e. The first-order valence-corrected chi connectivity index (χ1v) is 9.25. The van der Waals surface area contributed by atoms with E-state index in [-0.39, 0.29) is 10.2 Å². The lowest BCUT2D eigenvalue weighted by molar-refractivity contribution is 0.306. The number of fused-ring (bicyclic) bond motifs is 1. The van der Waals surface area contributed by atoms with Gasteiger partial charge < -0.3 is 9.87 Å². The molecule has 0 amide bonds. The van der Waals surface area contributed by atoms with Crippen molar-refractivity contribution in [2.75, 3.05) is 13.1 Å². The van der Waals surface area contributed by atoms with Crippen molar-refractivity contribution in [3.63, 3.8) is 0 Å². The fourth-order valence-electron chi connectivity index (χ4n) is 3.55. The Balaban J connectivity index is 2.10. The summed E-state index contributed by atoms with van der Waals surface area (Å²) in [4.78, 5) is 0. The van der Waals surface area contributed by atoms with Crippen LogP contribution in [0.4, 0.5) is 0 Å². The molecule has 1 aromatic carbocycles. The van der Waals surface area contributed by atoms with Crippen molar-refractivity contribution in [3.05, 3.63) is 34.9 Å². The SMILES string of the molecule is Cc1cccc2c1CC1(CCNCC1)C2=N[S+]([O-])C(C)(C)C. The van der Waals surface area contributed by atoms with E-state index < -0.39 is 11.4 Å². The maximum absolute atomic E-state index is 12.6. The Labute approximate surface area is 136 Å². The van der Waals surface area contributed by atoms with Crippen molar-refractivity contribution in [1.29, 1.82) is 0 Å². The molecule has 1 aromatic rings. The maximum atomic E-state index is 12.6. The van der Waals surface area contributed by atoms with Crippen molar-refractivity contribution in [1.82, 2.24) is 5.32 Å². The number of piperidine rings is 1. The van der Waals surface area contributed by atoms with Gasteiger partial charge >= 0.3 is 0 Å². The van der Waals surface area contributed by atoms with E-state index in [2.05, 4.69) is 30.4 Å². The van der Waals surface area contributed by atoms with Gasteiger partial charge in [0.2, 0.25) is 0 Å². The minimum absolute atomic E-state index is 0.0839. The first-order valence-electron chi connectivity index (χ1n) is 8.14. The van der Waals surface area contributed by atoms with E-state index in [4.69, 9.17) is 4.40 Å². The van der Waals surface area contributed by atoms with Crippen molar-refractivity contribution in [2.45, 2.75) is 51.7 Å². The summed E-state index contributed by atoms with van der Waals surface area (Å²) in [6.45, 7) is 10.2. The summed E-state index contributed by atoms with van der Waals surface area (Å²) in [7, 11) is 0. The second kappa shape index (κ2) is 5.66. The maximum Gasteiger partial charge on any atom is 0.144 e. The molecule has 0 bridgehead atoms. The Morgan fingerprint density at radius 3 is 2.55 bits per heavy atom. The summed E-state index contributed by atoms with van der Waals surface area (Å²) < 4.78 is 17.1. The Kier molecular flexibility index (Phi) is 4.12. The molecule has 1 spiro atoms. The van der Waals surface area contributed by atoms with Crippen molar-refractivity contribution >= 4 is 17.1 Å². The van der Waals surface area contributed by atoms with Gasteiger partial charge in [-0.25, -0.2) is 0 Å². The summed E-state index contributed by atoms with van der Waals surface area (Å²) in [6.07, 6.45) is 3.22. The normalized spacial score (nSPS) is 23.8. The van der Waals surface area contributed by atoms with Crippen LogP contribution in [0.5, 0.6) is 0 Å². The molecule has 1 fully saturated rings. The fourth-order valence-corrected chi connectivity index (χ4v) is 4.28. The molecule has 2 aliphatic rings. The van der Waals surface area contributed by atoms with E-state index in [1.165, 1.54) is 16.7 Å². The van der Waals surface area contributed by atoms with E-state index in [1.54, 1.807) is 0 Å². The molecule has 0 aromatic heterocycles. The lowest BCUT2D eigenvalue weighted by Crippen LogP contribution is -2.42. The molecule has 1 atom stereocenters. The van der Waals surface area contributed by atoms with Gasteiger partial charge in [0.15, 0.2) is 0 Å². The van der Waals surface area contributed by atoms with E-state index in [0.717, 1.165) is 38.1 Å². The molecule has 22 heavy (non-hydrogen) atoms. The third kappa shape index (κ3) is 2.72. The summed E-state index contributed by atoms with van der Waals surface area (Å²) >= 11 is -1.20. The standard InChI is InChI=1S/C18H26N2OS/c1-13-6-5-7-14-15(13)12-18(8-10-19-11-9-18)16(14)20-22(21)17(2,3)4/h5-7,19H,8-12H2,1-4H3. The zero-order chi connectivity index (χ0) is 16.0. The second-order valence-corrected chi connectivity index (χ2v) is 9.52. The lowest BCUT2D eigenvalue weighted by Gasteiger charge is -2.34. The largest absolute Gasteiger partial charge is 0.591 e. The van der Waals surface area contributed by atoms with Crippen LogP contribution in [0.25, 0.3) is 0 Å². The number of rotatable bonds is 1. The molecule has 1 saturated heterocycles. The number of aryl methyl sites for hydroxylation is 1. The number of nitrogens with zero attached hydrogens (tertiary/aromatic N) is 1.